The minimum absolute atomic E-state index is 0.121. The van der Waals surface area contributed by atoms with E-state index >= 15 is 0 Å². The molecule has 1 atom stereocenters. The molecule has 4 aromatic carbocycles. The zero-order chi connectivity index (χ0) is 31.2. The lowest BCUT2D eigenvalue weighted by atomic mass is 9.97. The molecule has 1 heterocycles. The number of aliphatic carboxylic acids is 1. The van der Waals surface area contributed by atoms with Crippen molar-refractivity contribution in [2.75, 3.05) is 14.2 Å². The van der Waals surface area contributed by atoms with E-state index in [1.165, 1.54) is 14.2 Å². The number of hydrogen-bond donors (Lipinski definition) is 1. The van der Waals surface area contributed by atoms with Crippen molar-refractivity contribution in [2.45, 2.75) is 52.2 Å². The molecule has 1 aromatic heterocycles. The van der Waals surface area contributed by atoms with Crippen molar-refractivity contribution in [3.8, 4) is 22.9 Å². The van der Waals surface area contributed by atoms with Gasteiger partial charge in [-0.1, -0.05) is 69.2 Å². The average molecular weight is 595 g/mol. The largest absolute Gasteiger partial charge is 0.497 e. The molecule has 0 amide bonds. The van der Waals surface area contributed by atoms with Gasteiger partial charge in [-0.3, -0.25) is 9.13 Å². The fraction of sp³-hybridized carbons (Fsp3) is 0.278. The van der Waals surface area contributed by atoms with Gasteiger partial charge in [0.1, 0.15) is 17.2 Å². The van der Waals surface area contributed by atoms with Crippen molar-refractivity contribution in [2.24, 2.45) is 0 Å². The molecule has 0 saturated carbocycles. The third kappa shape index (κ3) is 6.20. The van der Waals surface area contributed by atoms with Crippen LogP contribution in [0.25, 0.3) is 16.7 Å². The van der Waals surface area contributed by atoms with Crippen molar-refractivity contribution >= 4 is 17.0 Å². The number of aromatic nitrogens is 2. The molecule has 5 rings (SSSR count). The Morgan fingerprint density at radius 3 is 1.91 bits per heavy atom. The van der Waals surface area contributed by atoms with Crippen LogP contribution in [0.5, 0.6) is 17.2 Å². The first-order valence-corrected chi connectivity index (χ1v) is 14.9. The highest BCUT2D eigenvalue weighted by Gasteiger charge is 2.27. The number of hydrogen-bond acceptors (Lipinski definition) is 5. The van der Waals surface area contributed by atoms with Crippen LogP contribution in [0, 0.1) is 0 Å². The van der Waals surface area contributed by atoms with Crippen LogP contribution in [0.1, 0.15) is 55.0 Å². The van der Waals surface area contributed by atoms with Gasteiger partial charge in [-0.05, 0) is 65.9 Å². The molecule has 0 radical (unpaired) electrons. The number of rotatable bonds is 13. The van der Waals surface area contributed by atoms with Gasteiger partial charge in [-0.25, -0.2) is 9.59 Å². The molecule has 0 saturated heterocycles. The van der Waals surface area contributed by atoms with Crippen LogP contribution in [0.2, 0.25) is 0 Å². The quantitative estimate of drug-likeness (QED) is 0.158. The summed E-state index contributed by atoms with van der Waals surface area (Å²) in [6.07, 6.45) is 1.78. The second-order valence-corrected chi connectivity index (χ2v) is 10.8. The SMILES string of the molecule is CCCc1cc(Cn2c(=O)n(-c3ccccc3)c3ccccc32)cc(CCC)c1OC(C(=O)O)c1cc(OC)cc(OC)c1. The maximum absolute atomic E-state index is 13.9. The van der Waals surface area contributed by atoms with Gasteiger partial charge in [-0.15, -0.1) is 0 Å². The molecule has 8 nitrogen and oxygen atoms in total. The number of aryl methyl sites for hydroxylation is 2. The fourth-order valence-corrected chi connectivity index (χ4v) is 5.71. The first kappa shape index (κ1) is 30.5. The highest BCUT2D eigenvalue weighted by Crippen LogP contribution is 2.35. The van der Waals surface area contributed by atoms with Crippen LogP contribution in [0.3, 0.4) is 0 Å². The van der Waals surface area contributed by atoms with E-state index in [1.807, 2.05) is 66.7 Å². The Morgan fingerprint density at radius 1 is 0.795 bits per heavy atom. The van der Waals surface area contributed by atoms with Gasteiger partial charge in [0, 0.05) is 11.6 Å². The normalized spacial score (nSPS) is 11.8. The number of ether oxygens (including phenoxy) is 3. The van der Waals surface area contributed by atoms with Gasteiger partial charge in [0.05, 0.1) is 37.5 Å². The molecular weight excluding hydrogens is 556 g/mol. The molecule has 0 spiro atoms. The summed E-state index contributed by atoms with van der Waals surface area (Å²) in [5.41, 5.74) is 5.56. The Balaban J connectivity index is 1.60. The molecule has 5 aromatic rings. The van der Waals surface area contributed by atoms with Crippen molar-refractivity contribution < 1.29 is 24.1 Å². The summed E-state index contributed by atoms with van der Waals surface area (Å²) < 4.78 is 20.7. The zero-order valence-electron chi connectivity index (χ0n) is 25.6. The highest BCUT2D eigenvalue weighted by molar-refractivity contribution is 5.78. The molecule has 0 aliphatic heterocycles. The smallest absolute Gasteiger partial charge is 0.349 e. The van der Waals surface area contributed by atoms with Crippen LogP contribution in [-0.2, 0) is 24.2 Å². The molecule has 0 bridgehead atoms. The van der Waals surface area contributed by atoms with Crippen LogP contribution < -0.4 is 19.9 Å². The number of para-hydroxylation sites is 3. The molecule has 1 N–H and O–H groups in total. The van der Waals surface area contributed by atoms with E-state index in [9.17, 15) is 14.7 Å². The monoisotopic (exact) mass is 594 g/mol. The lowest BCUT2D eigenvalue weighted by Crippen LogP contribution is -2.24. The number of imidazole rings is 1. The van der Waals surface area contributed by atoms with Crippen LogP contribution in [0.4, 0.5) is 0 Å². The highest BCUT2D eigenvalue weighted by atomic mass is 16.5. The topological polar surface area (TPSA) is 91.9 Å². The third-order valence-corrected chi connectivity index (χ3v) is 7.67. The number of methoxy groups -OCH3 is 2. The number of benzene rings is 4. The van der Waals surface area contributed by atoms with E-state index in [1.54, 1.807) is 27.3 Å². The Labute approximate surface area is 257 Å². The first-order chi connectivity index (χ1) is 21.4. The van der Waals surface area contributed by atoms with Crippen molar-refractivity contribution in [3.05, 3.63) is 118 Å². The predicted molar refractivity (Wildman–Crippen MR) is 172 cm³/mol. The molecule has 0 aliphatic rings. The number of carboxylic acids is 1. The number of carbonyl (C=O) groups is 1. The van der Waals surface area contributed by atoms with Gasteiger partial charge in [0.25, 0.3) is 0 Å². The predicted octanol–water partition coefficient (Wildman–Crippen LogP) is 6.97. The van der Waals surface area contributed by atoms with Crippen LogP contribution in [0.15, 0.2) is 89.7 Å². The van der Waals surface area contributed by atoms with E-state index in [2.05, 4.69) is 13.8 Å². The second kappa shape index (κ2) is 13.5. The lowest BCUT2D eigenvalue weighted by molar-refractivity contribution is -0.145. The maximum atomic E-state index is 13.9. The minimum Gasteiger partial charge on any atom is -0.497 e. The Bertz CT molecular complexity index is 1770. The number of nitrogens with zero attached hydrogens (tertiary/aromatic N) is 2. The van der Waals surface area contributed by atoms with Crippen LogP contribution >= 0.6 is 0 Å². The summed E-state index contributed by atoms with van der Waals surface area (Å²) >= 11 is 0. The van der Waals surface area contributed by atoms with Crippen molar-refractivity contribution in [1.82, 2.24) is 9.13 Å². The summed E-state index contributed by atoms with van der Waals surface area (Å²) in [5.74, 6) is 0.416. The Kier molecular flexibility index (Phi) is 9.38. The van der Waals surface area contributed by atoms with Gasteiger partial charge < -0.3 is 19.3 Å². The lowest BCUT2D eigenvalue weighted by Gasteiger charge is -2.23. The van der Waals surface area contributed by atoms with Crippen molar-refractivity contribution in [1.29, 1.82) is 0 Å². The fourth-order valence-electron chi connectivity index (χ4n) is 5.71. The molecule has 0 aliphatic carbocycles. The molecule has 1 unspecified atom stereocenters. The van der Waals surface area contributed by atoms with E-state index in [4.69, 9.17) is 14.2 Å². The second-order valence-electron chi connectivity index (χ2n) is 10.8. The summed E-state index contributed by atoms with van der Waals surface area (Å²) in [6.45, 7) is 4.52. The minimum atomic E-state index is -1.28. The summed E-state index contributed by atoms with van der Waals surface area (Å²) in [5, 5.41) is 10.3. The molecule has 8 heteroatoms. The zero-order valence-corrected chi connectivity index (χ0v) is 25.6. The number of fused-ring (bicyclic) bond motifs is 1. The van der Waals surface area contributed by atoms with E-state index in [0.29, 0.717) is 42.2 Å². The van der Waals surface area contributed by atoms with E-state index in [0.717, 1.165) is 46.3 Å². The molecule has 44 heavy (non-hydrogen) atoms. The van der Waals surface area contributed by atoms with Gasteiger partial charge in [0.2, 0.25) is 6.10 Å². The molecular formula is C36H38N2O6. The van der Waals surface area contributed by atoms with E-state index in [-0.39, 0.29) is 5.69 Å². The Hall–Kier alpha value is -4.98. The average Bonchev–Trinajstić information content (AvgIpc) is 3.31. The number of carboxylic acid groups (broad SMARTS) is 1. The first-order valence-electron chi connectivity index (χ1n) is 14.9. The standard InChI is InChI=1S/C36H38N2O6/c1-5-12-25-18-24(23-37-31-16-10-11-17-32(31)38(36(37)41)28-14-8-7-9-15-28)19-26(13-6-2)33(25)44-34(35(39)40)27-20-29(42-3)22-30(21-27)43-4/h7-11,14-22,34H,5-6,12-13,23H2,1-4H3,(H,39,40). The van der Waals surface area contributed by atoms with Gasteiger partial charge in [-0.2, -0.15) is 0 Å². The Morgan fingerprint density at radius 2 is 1.36 bits per heavy atom. The summed E-state index contributed by atoms with van der Waals surface area (Å²) in [4.78, 5) is 26.5. The van der Waals surface area contributed by atoms with Crippen molar-refractivity contribution in [3.63, 3.8) is 0 Å². The molecule has 228 valence electrons. The van der Waals surface area contributed by atoms with Gasteiger partial charge >= 0.3 is 11.7 Å². The van der Waals surface area contributed by atoms with Gasteiger partial charge in [0.15, 0.2) is 0 Å². The third-order valence-electron chi connectivity index (χ3n) is 7.67. The van der Waals surface area contributed by atoms with Crippen LogP contribution in [-0.4, -0.2) is 34.4 Å². The summed E-state index contributed by atoms with van der Waals surface area (Å²) in [6, 6.07) is 26.5. The molecule has 0 fully saturated rings. The maximum Gasteiger partial charge on any atom is 0.349 e. The summed E-state index contributed by atoms with van der Waals surface area (Å²) in [7, 11) is 3.05. The van der Waals surface area contributed by atoms with E-state index < -0.39 is 12.1 Å².